The summed E-state index contributed by atoms with van der Waals surface area (Å²) in [6.45, 7) is 0.402. The van der Waals surface area contributed by atoms with Crippen molar-refractivity contribution in [2.24, 2.45) is 0 Å². The van der Waals surface area contributed by atoms with Crippen molar-refractivity contribution in [3.63, 3.8) is 0 Å². The number of rotatable bonds is 5. The molecule has 4 heteroatoms. The van der Waals surface area contributed by atoms with Crippen molar-refractivity contribution in [1.82, 2.24) is 0 Å². The number of carbonyl (C=O) groups is 1. The van der Waals surface area contributed by atoms with Crippen LogP contribution in [0, 0.1) is 0 Å². The van der Waals surface area contributed by atoms with Crippen LogP contribution in [0.25, 0.3) is 0 Å². The highest BCUT2D eigenvalue weighted by Gasteiger charge is 2.09. The SMILES string of the molecule is COc1cc(N)c(C=O)cc1OCc1ccccc1. The fourth-order valence-corrected chi connectivity index (χ4v) is 1.70. The first-order valence-electron chi connectivity index (χ1n) is 5.84. The third kappa shape index (κ3) is 3.04. The molecule has 2 aromatic rings. The van der Waals surface area contributed by atoms with E-state index < -0.39 is 0 Å². The minimum atomic E-state index is 0.374. The van der Waals surface area contributed by atoms with Gasteiger partial charge in [0.2, 0.25) is 0 Å². The fraction of sp³-hybridized carbons (Fsp3) is 0.133. The average Bonchev–Trinajstić information content (AvgIpc) is 2.46. The van der Waals surface area contributed by atoms with Gasteiger partial charge in [0.15, 0.2) is 17.8 Å². The standard InChI is InChI=1S/C15H15NO3/c1-18-14-8-13(16)12(9-17)7-15(14)19-10-11-5-3-2-4-6-11/h2-9H,10,16H2,1H3. The van der Waals surface area contributed by atoms with Gasteiger partial charge in [0, 0.05) is 17.3 Å². The summed E-state index contributed by atoms with van der Waals surface area (Å²) < 4.78 is 10.9. The molecule has 0 spiro atoms. The van der Waals surface area contributed by atoms with Crippen molar-refractivity contribution in [2.75, 3.05) is 12.8 Å². The zero-order valence-corrected chi connectivity index (χ0v) is 10.6. The van der Waals surface area contributed by atoms with Crippen molar-refractivity contribution in [3.8, 4) is 11.5 Å². The van der Waals surface area contributed by atoms with E-state index in [1.54, 1.807) is 12.1 Å². The number of hydrogen-bond acceptors (Lipinski definition) is 4. The van der Waals surface area contributed by atoms with Gasteiger partial charge < -0.3 is 15.2 Å². The van der Waals surface area contributed by atoms with Crippen LogP contribution in [0.4, 0.5) is 5.69 Å². The van der Waals surface area contributed by atoms with Gasteiger partial charge in [0.1, 0.15) is 6.61 Å². The Morgan fingerprint density at radius 1 is 1.16 bits per heavy atom. The van der Waals surface area contributed by atoms with Crippen molar-refractivity contribution >= 4 is 12.0 Å². The maximum atomic E-state index is 10.9. The Hall–Kier alpha value is -2.49. The van der Waals surface area contributed by atoms with Crippen molar-refractivity contribution in [1.29, 1.82) is 0 Å². The van der Waals surface area contributed by atoms with E-state index in [9.17, 15) is 4.79 Å². The van der Waals surface area contributed by atoms with Crippen LogP contribution in [-0.4, -0.2) is 13.4 Å². The van der Waals surface area contributed by atoms with Crippen LogP contribution in [0.1, 0.15) is 15.9 Å². The Morgan fingerprint density at radius 3 is 2.53 bits per heavy atom. The summed E-state index contributed by atoms with van der Waals surface area (Å²) in [5, 5.41) is 0. The summed E-state index contributed by atoms with van der Waals surface area (Å²) in [6.07, 6.45) is 0.699. The monoisotopic (exact) mass is 257 g/mol. The minimum Gasteiger partial charge on any atom is -0.493 e. The topological polar surface area (TPSA) is 61.5 Å². The van der Waals surface area contributed by atoms with Gasteiger partial charge in [-0.15, -0.1) is 0 Å². The highest BCUT2D eigenvalue weighted by atomic mass is 16.5. The van der Waals surface area contributed by atoms with Gasteiger partial charge in [-0.25, -0.2) is 0 Å². The summed E-state index contributed by atoms with van der Waals surface area (Å²) in [5.41, 5.74) is 7.52. The third-order valence-electron chi connectivity index (χ3n) is 2.73. The van der Waals surface area contributed by atoms with E-state index in [1.165, 1.54) is 7.11 Å². The molecule has 0 amide bonds. The molecule has 0 fully saturated rings. The molecule has 0 aliphatic rings. The maximum absolute atomic E-state index is 10.9. The molecular formula is C15H15NO3. The van der Waals surface area contributed by atoms with Gasteiger partial charge in [0.25, 0.3) is 0 Å². The largest absolute Gasteiger partial charge is 0.493 e. The van der Waals surface area contributed by atoms with Crippen molar-refractivity contribution in [3.05, 3.63) is 53.6 Å². The van der Waals surface area contributed by atoms with Crippen LogP contribution in [0.2, 0.25) is 0 Å². The average molecular weight is 257 g/mol. The molecule has 0 saturated heterocycles. The molecule has 98 valence electrons. The molecule has 0 radical (unpaired) electrons. The van der Waals surface area contributed by atoms with Gasteiger partial charge in [-0.2, -0.15) is 0 Å². The lowest BCUT2D eigenvalue weighted by Gasteiger charge is -2.12. The normalized spacial score (nSPS) is 9.95. The summed E-state index contributed by atoms with van der Waals surface area (Å²) in [4.78, 5) is 10.9. The zero-order chi connectivity index (χ0) is 13.7. The van der Waals surface area contributed by atoms with E-state index in [1.807, 2.05) is 30.3 Å². The van der Waals surface area contributed by atoms with Gasteiger partial charge in [-0.1, -0.05) is 30.3 Å². The van der Waals surface area contributed by atoms with Gasteiger partial charge in [-0.3, -0.25) is 4.79 Å². The second-order valence-electron chi connectivity index (χ2n) is 4.02. The molecule has 0 unspecified atom stereocenters. The van der Waals surface area contributed by atoms with E-state index >= 15 is 0 Å². The fourth-order valence-electron chi connectivity index (χ4n) is 1.70. The number of hydrogen-bond donors (Lipinski definition) is 1. The number of nitrogen functional groups attached to an aromatic ring is 1. The molecule has 0 bridgehead atoms. The Labute approximate surface area is 111 Å². The molecule has 0 aromatic heterocycles. The Balaban J connectivity index is 2.21. The van der Waals surface area contributed by atoms with Gasteiger partial charge >= 0.3 is 0 Å². The lowest BCUT2D eigenvalue weighted by molar-refractivity contribution is 0.112. The number of benzene rings is 2. The Morgan fingerprint density at radius 2 is 1.89 bits per heavy atom. The van der Waals surface area contributed by atoms with Crippen LogP contribution >= 0.6 is 0 Å². The van der Waals surface area contributed by atoms with E-state index in [0.717, 1.165) is 5.56 Å². The smallest absolute Gasteiger partial charge is 0.162 e. The van der Waals surface area contributed by atoms with E-state index in [2.05, 4.69) is 0 Å². The predicted octanol–water partition coefficient (Wildman–Crippen LogP) is 2.67. The van der Waals surface area contributed by atoms with Crippen LogP contribution < -0.4 is 15.2 Å². The number of carbonyl (C=O) groups excluding carboxylic acids is 1. The van der Waals surface area contributed by atoms with E-state index in [0.29, 0.717) is 35.6 Å². The van der Waals surface area contributed by atoms with Gasteiger partial charge in [0.05, 0.1) is 7.11 Å². The minimum absolute atomic E-state index is 0.374. The molecule has 2 rings (SSSR count). The lowest BCUT2D eigenvalue weighted by atomic mass is 10.1. The Kier molecular flexibility index (Phi) is 4.03. The highest BCUT2D eigenvalue weighted by molar-refractivity contribution is 5.85. The number of methoxy groups -OCH3 is 1. The van der Waals surface area contributed by atoms with Crippen LogP contribution in [0.3, 0.4) is 0 Å². The molecule has 2 N–H and O–H groups in total. The summed E-state index contributed by atoms with van der Waals surface area (Å²) >= 11 is 0. The molecular weight excluding hydrogens is 242 g/mol. The quantitative estimate of drug-likeness (QED) is 0.660. The predicted molar refractivity (Wildman–Crippen MR) is 73.6 cm³/mol. The molecule has 0 aliphatic carbocycles. The molecule has 19 heavy (non-hydrogen) atoms. The van der Waals surface area contributed by atoms with Crippen LogP contribution in [-0.2, 0) is 6.61 Å². The number of anilines is 1. The summed E-state index contributed by atoms with van der Waals surface area (Å²) in [6, 6.07) is 12.9. The second-order valence-corrected chi connectivity index (χ2v) is 4.02. The molecule has 0 saturated carbocycles. The Bertz CT molecular complexity index is 567. The third-order valence-corrected chi connectivity index (χ3v) is 2.73. The zero-order valence-electron chi connectivity index (χ0n) is 10.6. The molecule has 0 atom stereocenters. The summed E-state index contributed by atoms with van der Waals surface area (Å²) in [7, 11) is 1.53. The van der Waals surface area contributed by atoms with Crippen LogP contribution in [0.15, 0.2) is 42.5 Å². The molecule has 0 heterocycles. The van der Waals surface area contributed by atoms with Crippen molar-refractivity contribution < 1.29 is 14.3 Å². The molecule has 4 nitrogen and oxygen atoms in total. The maximum Gasteiger partial charge on any atom is 0.162 e. The van der Waals surface area contributed by atoms with Crippen LogP contribution in [0.5, 0.6) is 11.5 Å². The lowest BCUT2D eigenvalue weighted by Crippen LogP contribution is -2.01. The first-order valence-corrected chi connectivity index (χ1v) is 5.84. The number of aldehydes is 1. The first-order chi connectivity index (χ1) is 9.24. The second kappa shape index (κ2) is 5.91. The summed E-state index contributed by atoms with van der Waals surface area (Å²) in [5.74, 6) is 1.02. The number of nitrogens with two attached hydrogens (primary N) is 1. The highest BCUT2D eigenvalue weighted by Crippen LogP contribution is 2.32. The number of ether oxygens (including phenoxy) is 2. The molecule has 0 aliphatic heterocycles. The first kappa shape index (κ1) is 13.0. The van der Waals surface area contributed by atoms with Crippen molar-refractivity contribution in [2.45, 2.75) is 6.61 Å². The van der Waals surface area contributed by atoms with Gasteiger partial charge in [-0.05, 0) is 11.6 Å². The van der Waals surface area contributed by atoms with E-state index in [-0.39, 0.29) is 0 Å². The van der Waals surface area contributed by atoms with E-state index in [4.69, 9.17) is 15.2 Å². The molecule has 2 aromatic carbocycles.